The molecule has 2 rings (SSSR count). The normalized spacial score (nSPS) is 23.9. The highest BCUT2D eigenvalue weighted by molar-refractivity contribution is 9.10. The van der Waals surface area contributed by atoms with Crippen LogP contribution in [-0.2, 0) is 16.1 Å². The van der Waals surface area contributed by atoms with E-state index < -0.39 is 0 Å². The summed E-state index contributed by atoms with van der Waals surface area (Å²) in [7, 11) is 0. The lowest BCUT2D eigenvalue weighted by molar-refractivity contribution is -0.145. The molecule has 0 bridgehead atoms. The molecule has 5 heteroatoms. The Morgan fingerprint density at radius 3 is 3.20 bits per heavy atom. The summed E-state index contributed by atoms with van der Waals surface area (Å²) in [5.41, 5.74) is 0. The number of aromatic nitrogens is 2. The highest BCUT2D eigenvalue weighted by Gasteiger charge is 2.44. The minimum absolute atomic E-state index is 0.0614. The molecule has 0 amide bonds. The van der Waals surface area contributed by atoms with Crippen molar-refractivity contribution in [2.75, 3.05) is 6.61 Å². The van der Waals surface area contributed by atoms with Crippen LogP contribution >= 0.6 is 15.9 Å². The van der Waals surface area contributed by atoms with Crippen LogP contribution in [0.3, 0.4) is 0 Å². The van der Waals surface area contributed by atoms with Gasteiger partial charge in [0.2, 0.25) is 0 Å². The Labute approximate surface area is 96.7 Å². The molecule has 1 saturated carbocycles. The Hall–Kier alpha value is -0.840. The van der Waals surface area contributed by atoms with Gasteiger partial charge in [0.25, 0.3) is 0 Å². The SMILES string of the molecule is CCOC(=O)C1CC1Cn1cc(Br)cn1. The Kier molecular flexibility index (Phi) is 3.09. The number of hydrogen-bond donors (Lipinski definition) is 0. The molecule has 0 saturated heterocycles. The van der Waals surface area contributed by atoms with E-state index in [0.29, 0.717) is 12.5 Å². The van der Waals surface area contributed by atoms with Crippen LogP contribution in [0.2, 0.25) is 0 Å². The average molecular weight is 273 g/mol. The fourth-order valence-corrected chi connectivity index (χ4v) is 1.99. The zero-order valence-electron chi connectivity index (χ0n) is 8.52. The Morgan fingerprint density at radius 2 is 2.60 bits per heavy atom. The first kappa shape index (κ1) is 10.7. The molecule has 1 fully saturated rings. The molecular formula is C10H13BrN2O2. The maximum absolute atomic E-state index is 11.4. The predicted molar refractivity (Wildman–Crippen MR) is 58.2 cm³/mol. The van der Waals surface area contributed by atoms with Crippen LogP contribution in [0, 0.1) is 11.8 Å². The summed E-state index contributed by atoms with van der Waals surface area (Å²) in [5.74, 6) is 0.428. The van der Waals surface area contributed by atoms with Crippen LogP contribution in [0.4, 0.5) is 0 Å². The third-order valence-electron chi connectivity index (χ3n) is 2.54. The van der Waals surface area contributed by atoms with E-state index in [2.05, 4.69) is 21.0 Å². The maximum Gasteiger partial charge on any atom is 0.309 e. The maximum atomic E-state index is 11.4. The zero-order valence-corrected chi connectivity index (χ0v) is 10.1. The molecule has 82 valence electrons. The Balaban J connectivity index is 1.82. The zero-order chi connectivity index (χ0) is 10.8. The van der Waals surface area contributed by atoms with Gasteiger partial charge in [-0.3, -0.25) is 9.48 Å². The molecule has 1 aliphatic carbocycles. The molecule has 0 aliphatic heterocycles. The number of esters is 1. The fourth-order valence-electron chi connectivity index (χ4n) is 1.67. The Bertz CT molecular complexity index is 364. The lowest BCUT2D eigenvalue weighted by Gasteiger charge is -2.01. The molecule has 4 nitrogen and oxygen atoms in total. The average Bonchev–Trinajstić information content (AvgIpc) is 2.83. The van der Waals surface area contributed by atoms with Crippen molar-refractivity contribution < 1.29 is 9.53 Å². The summed E-state index contributed by atoms with van der Waals surface area (Å²) < 4.78 is 7.78. The number of ether oxygens (including phenoxy) is 1. The Morgan fingerprint density at radius 1 is 1.80 bits per heavy atom. The van der Waals surface area contributed by atoms with Gasteiger partial charge in [-0.2, -0.15) is 5.10 Å². The summed E-state index contributed by atoms with van der Waals surface area (Å²) in [6.07, 6.45) is 4.60. The molecule has 0 N–H and O–H groups in total. The molecule has 2 atom stereocenters. The summed E-state index contributed by atoms with van der Waals surface area (Å²) in [5, 5.41) is 4.15. The van der Waals surface area contributed by atoms with Crippen molar-refractivity contribution >= 4 is 21.9 Å². The quantitative estimate of drug-likeness (QED) is 0.786. The first-order valence-corrected chi connectivity index (χ1v) is 5.84. The van der Waals surface area contributed by atoms with Gasteiger partial charge in [0, 0.05) is 12.7 Å². The first-order chi connectivity index (χ1) is 7.20. The molecule has 1 aromatic rings. The van der Waals surface area contributed by atoms with E-state index >= 15 is 0 Å². The number of halogens is 1. The van der Waals surface area contributed by atoms with Gasteiger partial charge in [-0.15, -0.1) is 0 Å². The van der Waals surface area contributed by atoms with Crippen LogP contribution in [0.25, 0.3) is 0 Å². The van der Waals surface area contributed by atoms with Gasteiger partial charge < -0.3 is 4.74 Å². The van der Waals surface area contributed by atoms with Crippen LogP contribution in [0.5, 0.6) is 0 Å². The summed E-state index contributed by atoms with van der Waals surface area (Å²) >= 11 is 3.34. The van der Waals surface area contributed by atoms with E-state index in [1.54, 1.807) is 6.20 Å². The number of nitrogens with zero attached hydrogens (tertiary/aromatic N) is 2. The van der Waals surface area contributed by atoms with Crippen molar-refractivity contribution in [1.29, 1.82) is 0 Å². The van der Waals surface area contributed by atoms with Crippen molar-refractivity contribution in [1.82, 2.24) is 9.78 Å². The topological polar surface area (TPSA) is 44.1 Å². The van der Waals surface area contributed by atoms with E-state index in [1.165, 1.54) is 0 Å². The minimum Gasteiger partial charge on any atom is -0.466 e. The van der Waals surface area contributed by atoms with Gasteiger partial charge in [0.1, 0.15) is 0 Å². The van der Waals surface area contributed by atoms with E-state index in [-0.39, 0.29) is 11.9 Å². The number of carbonyl (C=O) groups excluding carboxylic acids is 1. The van der Waals surface area contributed by atoms with Gasteiger partial charge in [-0.1, -0.05) is 0 Å². The van der Waals surface area contributed by atoms with Crippen LogP contribution in [0.1, 0.15) is 13.3 Å². The predicted octanol–water partition coefficient (Wildman–Crippen LogP) is 1.84. The molecule has 1 aromatic heterocycles. The smallest absolute Gasteiger partial charge is 0.309 e. The van der Waals surface area contributed by atoms with Gasteiger partial charge in [-0.25, -0.2) is 0 Å². The van der Waals surface area contributed by atoms with Crippen molar-refractivity contribution in [3.8, 4) is 0 Å². The summed E-state index contributed by atoms with van der Waals surface area (Å²) in [6, 6.07) is 0. The number of hydrogen-bond acceptors (Lipinski definition) is 3. The van der Waals surface area contributed by atoms with E-state index in [9.17, 15) is 4.79 Å². The fraction of sp³-hybridized carbons (Fsp3) is 0.600. The molecule has 2 unspecified atom stereocenters. The molecule has 1 heterocycles. The second kappa shape index (κ2) is 4.35. The number of rotatable bonds is 4. The highest BCUT2D eigenvalue weighted by Crippen LogP contribution is 2.40. The molecule has 1 aliphatic rings. The van der Waals surface area contributed by atoms with Gasteiger partial charge in [0.05, 0.1) is 23.2 Å². The van der Waals surface area contributed by atoms with E-state index in [4.69, 9.17) is 4.74 Å². The second-order valence-electron chi connectivity index (χ2n) is 3.73. The molecule has 0 radical (unpaired) electrons. The number of carbonyl (C=O) groups is 1. The molecule has 0 aromatic carbocycles. The third kappa shape index (κ3) is 2.59. The monoisotopic (exact) mass is 272 g/mol. The summed E-state index contributed by atoms with van der Waals surface area (Å²) in [4.78, 5) is 11.4. The largest absolute Gasteiger partial charge is 0.466 e. The van der Waals surface area contributed by atoms with Crippen molar-refractivity contribution in [3.63, 3.8) is 0 Å². The minimum atomic E-state index is -0.0614. The van der Waals surface area contributed by atoms with E-state index in [0.717, 1.165) is 17.4 Å². The third-order valence-corrected chi connectivity index (χ3v) is 2.94. The van der Waals surface area contributed by atoms with Crippen LogP contribution in [-0.4, -0.2) is 22.4 Å². The highest BCUT2D eigenvalue weighted by atomic mass is 79.9. The first-order valence-electron chi connectivity index (χ1n) is 5.05. The van der Waals surface area contributed by atoms with Crippen molar-refractivity contribution in [2.24, 2.45) is 11.8 Å². The van der Waals surface area contributed by atoms with Crippen molar-refractivity contribution in [3.05, 3.63) is 16.9 Å². The molecule has 0 spiro atoms. The summed E-state index contributed by atoms with van der Waals surface area (Å²) in [6.45, 7) is 3.10. The van der Waals surface area contributed by atoms with Crippen molar-refractivity contribution in [2.45, 2.75) is 19.9 Å². The van der Waals surface area contributed by atoms with Crippen LogP contribution in [0.15, 0.2) is 16.9 Å². The molecular weight excluding hydrogens is 260 g/mol. The lowest BCUT2D eigenvalue weighted by Crippen LogP contribution is -2.10. The molecule has 15 heavy (non-hydrogen) atoms. The lowest BCUT2D eigenvalue weighted by atomic mass is 10.3. The van der Waals surface area contributed by atoms with Gasteiger partial charge in [0.15, 0.2) is 0 Å². The van der Waals surface area contributed by atoms with Gasteiger partial charge >= 0.3 is 5.97 Å². The van der Waals surface area contributed by atoms with Gasteiger partial charge in [-0.05, 0) is 35.2 Å². The van der Waals surface area contributed by atoms with Crippen LogP contribution < -0.4 is 0 Å². The standard InChI is InChI=1S/C10H13BrN2O2/c1-2-15-10(14)9-3-7(9)5-13-6-8(11)4-12-13/h4,6-7,9H,2-3,5H2,1H3. The second-order valence-corrected chi connectivity index (χ2v) is 4.65. The van der Waals surface area contributed by atoms with E-state index in [1.807, 2.05) is 17.8 Å².